The summed E-state index contributed by atoms with van der Waals surface area (Å²) in [6.07, 6.45) is 0. The van der Waals surface area contributed by atoms with Crippen molar-refractivity contribution >= 4 is 57.2 Å². The molecule has 1 aliphatic rings. The van der Waals surface area contributed by atoms with Crippen molar-refractivity contribution in [3.05, 3.63) is 44.6 Å². The number of ether oxygens (including phenoxy) is 2. The maximum atomic E-state index is 5.44. The molecule has 1 aromatic carbocycles. The van der Waals surface area contributed by atoms with Crippen molar-refractivity contribution in [2.24, 2.45) is 4.99 Å². The molecule has 0 unspecified atom stereocenters. The van der Waals surface area contributed by atoms with Gasteiger partial charge in [0.05, 0.1) is 11.0 Å². The molecule has 0 saturated heterocycles. The third-order valence-corrected chi connectivity index (χ3v) is 4.61. The Hall–Kier alpha value is -1.00. The fourth-order valence-corrected chi connectivity index (χ4v) is 3.48. The summed E-state index contributed by atoms with van der Waals surface area (Å²) in [5, 5.41) is 10.8. The average molecular weight is 524 g/mol. The van der Waals surface area contributed by atoms with Crippen molar-refractivity contribution in [2.45, 2.75) is 20.0 Å². The molecule has 24 heavy (non-hydrogen) atoms. The quantitative estimate of drug-likeness (QED) is 0.352. The van der Waals surface area contributed by atoms with Gasteiger partial charge in [0.25, 0.3) is 0 Å². The largest absolute Gasteiger partial charge is 0.454 e. The van der Waals surface area contributed by atoms with Gasteiger partial charge in [-0.15, -0.1) is 24.0 Å². The van der Waals surface area contributed by atoms with E-state index >= 15 is 0 Å². The minimum absolute atomic E-state index is 0. The van der Waals surface area contributed by atoms with Gasteiger partial charge in [0, 0.05) is 13.1 Å². The molecule has 2 heterocycles. The van der Waals surface area contributed by atoms with Crippen LogP contribution in [0.15, 0.2) is 38.4 Å². The number of thiophene rings is 1. The SMILES string of the molecule is CCNC(=NCc1cc(Br)c2c(c1)OCO2)NCc1ccsc1.I. The second kappa shape index (κ2) is 9.47. The number of nitrogens with one attached hydrogen (secondary N) is 2. The molecule has 5 nitrogen and oxygen atoms in total. The molecule has 0 bridgehead atoms. The van der Waals surface area contributed by atoms with Gasteiger partial charge in [-0.25, -0.2) is 4.99 Å². The molecule has 8 heteroatoms. The molecule has 2 N–H and O–H groups in total. The molecule has 2 aromatic rings. The van der Waals surface area contributed by atoms with Gasteiger partial charge in [0.1, 0.15) is 0 Å². The molecule has 0 saturated carbocycles. The molecule has 0 aliphatic carbocycles. The number of nitrogens with zero attached hydrogens (tertiary/aromatic N) is 1. The summed E-state index contributed by atoms with van der Waals surface area (Å²) in [5.74, 6) is 2.33. The summed E-state index contributed by atoms with van der Waals surface area (Å²) in [5.41, 5.74) is 2.32. The number of benzene rings is 1. The first-order chi connectivity index (χ1) is 11.3. The highest BCUT2D eigenvalue weighted by molar-refractivity contribution is 14.0. The first kappa shape index (κ1) is 19.3. The highest BCUT2D eigenvalue weighted by Crippen LogP contribution is 2.40. The smallest absolute Gasteiger partial charge is 0.231 e. The Bertz CT molecular complexity index is 695. The van der Waals surface area contributed by atoms with Crippen LogP contribution in [0.3, 0.4) is 0 Å². The third kappa shape index (κ3) is 5.00. The number of halogens is 2. The lowest BCUT2D eigenvalue weighted by Crippen LogP contribution is -2.36. The Morgan fingerprint density at radius 2 is 2.17 bits per heavy atom. The van der Waals surface area contributed by atoms with E-state index in [2.05, 4.69) is 55.3 Å². The van der Waals surface area contributed by atoms with E-state index in [1.165, 1.54) is 5.56 Å². The van der Waals surface area contributed by atoms with Crippen molar-refractivity contribution in [1.29, 1.82) is 0 Å². The summed E-state index contributed by atoms with van der Waals surface area (Å²) in [7, 11) is 0. The number of rotatable bonds is 5. The number of hydrogen-bond acceptors (Lipinski definition) is 4. The lowest BCUT2D eigenvalue weighted by atomic mass is 10.2. The van der Waals surface area contributed by atoms with Crippen LogP contribution < -0.4 is 20.1 Å². The van der Waals surface area contributed by atoms with E-state index in [-0.39, 0.29) is 30.8 Å². The zero-order valence-electron chi connectivity index (χ0n) is 13.2. The second-order valence-corrected chi connectivity index (χ2v) is 6.63. The first-order valence-corrected chi connectivity index (χ1v) is 9.11. The summed E-state index contributed by atoms with van der Waals surface area (Å²) in [6, 6.07) is 6.09. The maximum absolute atomic E-state index is 5.44. The molecule has 1 aliphatic heterocycles. The molecular weight excluding hydrogens is 505 g/mol. The van der Waals surface area contributed by atoms with Crippen LogP contribution in [-0.4, -0.2) is 19.3 Å². The molecule has 1 aromatic heterocycles. The molecule has 0 amide bonds. The molecule has 3 rings (SSSR count). The fraction of sp³-hybridized carbons (Fsp3) is 0.312. The van der Waals surface area contributed by atoms with E-state index < -0.39 is 0 Å². The Balaban J connectivity index is 0.00000208. The summed E-state index contributed by atoms with van der Waals surface area (Å²) < 4.78 is 11.7. The normalized spacial score (nSPS) is 12.7. The van der Waals surface area contributed by atoms with E-state index in [0.29, 0.717) is 6.54 Å². The van der Waals surface area contributed by atoms with Crippen LogP contribution in [0.4, 0.5) is 0 Å². The van der Waals surface area contributed by atoms with Crippen LogP contribution in [0.25, 0.3) is 0 Å². The van der Waals surface area contributed by atoms with Crippen LogP contribution in [0, 0.1) is 0 Å². The second-order valence-electron chi connectivity index (χ2n) is 4.99. The molecule has 0 atom stereocenters. The number of guanidine groups is 1. The Morgan fingerprint density at radius 1 is 1.29 bits per heavy atom. The minimum Gasteiger partial charge on any atom is -0.454 e. The number of hydrogen-bond donors (Lipinski definition) is 2. The molecule has 0 fully saturated rings. The van der Waals surface area contributed by atoms with Crippen molar-refractivity contribution in [1.82, 2.24) is 10.6 Å². The van der Waals surface area contributed by atoms with Crippen molar-refractivity contribution in [3.63, 3.8) is 0 Å². The van der Waals surface area contributed by atoms with Gasteiger partial charge in [0.2, 0.25) is 6.79 Å². The van der Waals surface area contributed by atoms with Gasteiger partial charge in [-0.1, -0.05) is 0 Å². The highest BCUT2D eigenvalue weighted by Gasteiger charge is 2.17. The van der Waals surface area contributed by atoms with Gasteiger partial charge in [0.15, 0.2) is 17.5 Å². The van der Waals surface area contributed by atoms with Gasteiger partial charge in [-0.3, -0.25) is 0 Å². The van der Waals surface area contributed by atoms with Crippen LogP contribution in [-0.2, 0) is 13.1 Å². The third-order valence-electron chi connectivity index (χ3n) is 3.29. The van der Waals surface area contributed by atoms with Gasteiger partial charge in [-0.05, 0) is 62.9 Å². The minimum atomic E-state index is 0. The van der Waals surface area contributed by atoms with E-state index in [1.54, 1.807) is 11.3 Å². The van der Waals surface area contributed by atoms with Crippen LogP contribution >= 0.6 is 51.2 Å². The predicted octanol–water partition coefficient (Wildman–Crippen LogP) is 4.11. The maximum Gasteiger partial charge on any atom is 0.231 e. The number of aliphatic imine (C=N–C) groups is 1. The lowest BCUT2D eigenvalue weighted by molar-refractivity contribution is 0.173. The van der Waals surface area contributed by atoms with E-state index in [0.717, 1.165) is 40.6 Å². The highest BCUT2D eigenvalue weighted by atomic mass is 127. The standard InChI is InChI=1S/C16H18BrN3O2S.HI/c1-2-18-16(19-7-11-3-4-23-9-11)20-8-12-5-13(17)15-14(6-12)21-10-22-15;/h3-6,9H,2,7-8,10H2,1H3,(H2,18,19,20);1H. The Labute approximate surface area is 171 Å². The summed E-state index contributed by atoms with van der Waals surface area (Å²) in [4.78, 5) is 4.63. The van der Waals surface area contributed by atoms with Gasteiger partial charge < -0.3 is 20.1 Å². The van der Waals surface area contributed by atoms with Crippen molar-refractivity contribution in [2.75, 3.05) is 13.3 Å². The Morgan fingerprint density at radius 3 is 2.92 bits per heavy atom. The van der Waals surface area contributed by atoms with E-state index in [4.69, 9.17) is 9.47 Å². The van der Waals surface area contributed by atoms with E-state index in [1.807, 2.05) is 12.1 Å². The fourth-order valence-electron chi connectivity index (χ4n) is 2.20. The predicted molar refractivity (Wildman–Crippen MR) is 112 cm³/mol. The summed E-state index contributed by atoms with van der Waals surface area (Å²) >= 11 is 5.21. The lowest BCUT2D eigenvalue weighted by Gasteiger charge is -2.11. The molecule has 0 radical (unpaired) electrons. The molecular formula is C16H19BrIN3O2S. The molecule has 130 valence electrons. The van der Waals surface area contributed by atoms with Crippen molar-refractivity contribution < 1.29 is 9.47 Å². The van der Waals surface area contributed by atoms with Crippen molar-refractivity contribution in [3.8, 4) is 11.5 Å². The van der Waals surface area contributed by atoms with Crippen LogP contribution in [0.1, 0.15) is 18.1 Å². The number of fused-ring (bicyclic) bond motifs is 1. The van der Waals surface area contributed by atoms with Crippen LogP contribution in [0.2, 0.25) is 0 Å². The first-order valence-electron chi connectivity index (χ1n) is 7.37. The van der Waals surface area contributed by atoms with Crippen LogP contribution in [0.5, 0.6) is 11.5 Å². The zero-order chi connectivity index (χ0) is 16.1. The average Bonchev–Trinajstić information content (AvgIpc) is 3.21. The van der Waals surface area contributed by atoms with Gasteiger partial charge >= 0.3 is 0 Å². The van der Waals surface area contributed by atoms with E-state index in [9.17, 15) is 0 Å². The topological polar surface area (TPSA) is 54.9 Å². The summed E-state index contributed by atoms with van der Waals surface area (Å²) in [6.45, 7) is 4.47. The van der Waals surface area contributed by atoms with Gasteiger partial charge in [-0.2, -0.15) is 11.3 Å². The molecule has 0 spiro atoms. The Kier molecular flexibility index (Phi) is 7.63. The monoisotopic (exact) mass is 523 g/mol. The zero-order valence-corrected chi connectivity index (χ0v) is 17.9.